The average molecular weight is 165 g/mol. The fourth-order valence-corrected chi connectivity index (χ4v) is 0.997. The van der Waals surface area contributed by atoms with E-state index in [2.05, 4.69) is 6.07 Å². The van der Waals surface area contributed by atoms with Crippen molar-refractivity contribution in [3.8, 4) is 5.75 Å². The molecule has 0 spiro atoms. The summed E-state index contributed by atoms with van der Waals surface area (Å²) in [5.74, 6) is 0.854. The molecule has 1 aliphatic carbocycles. The maximum Gasteiger partial charge on any atom is 0.135 e. The van der Waals surface area contributed by atoms with Crippen LogP contribution in [0.3, 0.4) is 0 Å². The van der Waals surface area contributed by atoms with Crippen LogP contribution < -0.4 is 4.74 Å². The van der Waals surface area contributed by atoms with Gasteiger partial charge in [0.15, 0.2) is 0 Å². The number of halogens is 1. The Bertz CT molecular complexity index is 268. The molecule has 1 saturated carbocycles. The monoisotopic (exact) mass is 165 g/mol. The fourth-order valence-electron chi connectivity index (χ4n) is 0.997. The minimum absolute atomic E-state index is 0.358. The Morgan fingerprint density at radius 3 is 3.00 bits per heavy atom. The van der Waals surface area contributed by atoms with E-state index in [0.717, 1.165) is 0 Å². The summed E-state index contributed by atoms with van der Waals surface area (Å²) in [5.41, 5.74) is 0. The molecule has 0 unspecified atom stereocenters. The normalized spacial score (nSPS) is 16.1. The second kappa shape index (κ2) is 3.13. The van der Waals surface area contributed by atoms with Gasteiger partial charge in [-0.15, -0.1) is 0 Å². The standard InChI is InChI=1S/C10H10FO/c11-9-2-1-3-10(6-9)12-7-8-4-5-8/h1-3,8H,4-5,7H2. The van der Waals surface area contributed by atoms with Gasteiger partial charge in [0.25, 0.3) is 0 Å². The van der Waals surface area contributed by atoms with Crippen LogP contribution in [0.15, 0.2) is 18.2 Å². The summed E-state index contributed by atoms with van der Waals surface area (Å²) in [7, 11) is 0. The zero-order valence-corrected chi connectivity index (χ0v) is 6.72. The molecule has 1 aromatic rings. The van der Waals surface area contributed by atoms with Crippen molar-refractivity contribution >= 4 is 0 Å². The lowest BCUT2D eigenvalue weighted by Gasteiger charge is -2.03. The van der Waals surface area contributed by atoms with E-state index in [1.54, 1.807) is 12.1 Å². The molecular formula is C10H10FO. The molecule has 2 rings (SSSR count). The number of rotatable bonds is 3. The van der Waals surface area contributed by atoms with E-state index in [4.69, 9.17) is 4.74 Å². The average Bonchev–Trinajstić information content (AvgIpc) is 2.84. The molecule has 0 aromatic heterocycles. The molecule has 1 nitrogen and oxygen atoms in total. The Labute approximate surface area is 71.2 Å². The maximum absolute atomic E-state index is 12.6. The van der Waals surface area contributed by atoms with Gasteiger partial charge < -0.3 is 4.74 Å². The van der Waals surface area contributed by atoms with Crippen molar-refractivity contribution in [2.75, 3.05) is 6.61 Å². The zero-order valence-electron chi connectivity index (χ0n) is 6.72. The van der Waals surface area contributed by atoms with Gasteiger partial charge in [-0.1, -0.05) is 6.07 Å². The summed E-state index contributed by atoms with van der Waals surface area (Å²) in [6.45, 7) is 0.708. The van der Waals surface area contributed by atoms with Gasteiger partial charge in [0, 0.05) is 0 Å². The molecule has 1 aliphatic rings. The maximum atomic E-state index is 12.6. The third kappa shape index (κ3) is 1.97. The number of hydrogen-bond donors (Lipinski definition) is 0. The van der Waals surface area contributed by atoms with Gasteiger partial charge >= 0.3 is 0 Å². The van der Waals surface area contributed by atoms with Crippen LogP contribution in [0.1, 0.15) is 12.8 Å². The van der Waals surface area contributed by atoms with E-state index in [1.165, 1.54) is 18.9 Å². The van der Waals surface area contributed by atoms with Crippen LogP contribution in [-0.2, 0) is 0 Å². The SMILES string of the molecule is Fc1[c]c(OCC2CC2)ccc1. The number of hydrogen-bond acceptors (Lipinski definition) is 1. The van der Waals surface area contributed by atoms with E-state index >= 15 is 0 Å². The van der Waals surface area contributed by atoms with E-state index in [1.807, 2.05) is 0 Å². The van der Waals surface area contributed by atoms with E-state index < -0.39 is 0 Å². The first-order chi connectivity index (χ1) is 5.84. The van der Waals surface area contributed by atoms with Gasteiger partial charge in [-0.25, -0.2) is 4.39 Å². The van der Waals surface area contributed by atoms with Gasteiger partial charge in [0.1, 0.15) is 11.6 Å². The first kappa shape index (κ1) is 7.59. The summed E-state index contributed by atoms with van der Waals surface area (Å²) < 4.78 is 17.9. The quantitative estimate of drug-likeness (QED) is 0.668. The highest BCUT2D eigenvalue weighted by Gasteiger charge is 2.21. The second-order valence-corrected chi connectivity index (χ2v) is 3.12. The van der Waals surface area contributed by atoms with Crippen molar-refractivity contribution in [2.45, 2.75) is 12.8 Å². The molecular weight excluding hydrogens is 155 g/mol. The fraction of sp³-hybridized carbons (Fsp3) is 0.400. The number of ether oxygens (including phenoxy) is 1. The molecule has 0 atom stereocenters. The summed E-state index contributed by atoms with van der Waals surface area (Å²) in [5, 5.41) is 0. The summed E-state index contributed by atoms with van der Waals surface area (Å²) in [6, 6.07) is 7.23. The van der Waals surface area contributed by atoms with Crippen molar-refractivity contribution in [1.29, 1.82) is 0 Å². The predicted molar refractivity (Wildman–Crippen MR) is 43.5 cm³/mol. The van der Waals surface area contributed by atoms with Crippen molar-refractivity contribution in [1.82, 2.24) is 0 Å². The highest BCUT2D eigenvalue weighted by Crippen LogP contribution is 2.29. The lowest BCUT2D eigenvalue weighted by Crippen LogP contribution is -1.98. The van der Waals surface area contributed by atoms with Crippen LogP contribution in [0, 0.1) is 17.8 Å². The predicted octanol–water partition coefficient (Wildman–Crippen LogP) is 2.41. The van der Waals surface area contributed by atoms with Crippen molar-refractivity contribution in [2.24, 2.45) is 5.92 Å². The summed E-state index contributed by atoms with van der Waals surface area (Å²) in [6.07, 6.45) is 2.49. The second-order valence-electron chi connectivity index (χ2n) is 3.12. The van der Waals surface area contributed by atoms with Crippen LogP contribution in [-0.4, -0.2) is 6.61 Å². The molecule has 1 radical (unpaired) electrons. The minimum Gasteiger partial charge on any atom is -0.493 e. The number of benzene rings is 1. The topological polar surface area (TPSA) is 9.23 Å². The molecule has 63 valence electrons. The summed E-state index contributed by atoms with van der Waals surface area (Å²) in [4.78, 5) is 0. The third-order valence-corrected chi connectivity index (χ3v) is 1.90. The van der Waals surface area contributed by atoms with Crippen molar-refractivity contribution in [3.63, 3.8) is 0 Å². The molecule has 12 heavy (non-hydrogen) atoms. The molecule has 0 bridgehead atoms. The molecule has 0 amide bonds. The van der Waals surface area contributed by atoms with Crippen LogP contribution in [0.4, 0.5) is 4.39 Å². The molecule has 0 saturated heterocycles. The lowest BCUT2D eigenvalue weighted by atomic mass is 10.3. The molecule has 1 aromatic carbocycles. The molecule has 0 N–H and O–H groups in total. The highest BCUT2D eigenvalue weighted by molar-refractivity contribution is 5.20. The summed E-state index contributed by atoms with van der Waals surface area (Å²) >= 11 is 0. The van der Waals surface area contributed by atoms with Crippen LogP contribution in [0.2, 0.25) is 0 Å². The Hall–Kier alpha value is -1.05. The van der Waals surface area contributed by atoms with Crippen molar-refractivity contribution in [3.05, 3.63) is 30.1 Å². The molecule has 0 aliphatic heterocycles. The first-order valence-corrected chi connectivity index (χ1v) is 4.15. The molecule has 1 fully saturated rings. The smallest absolute Gasteiger partial charge is 0.135 e. The Balaban J connectivity index is 1.92. The first-order valence-electron chi connectivity index (χ1n) is 4.15. The van der Waals surface area contributed by atoms with Crippen LogP contribution >= 0.6 is 0 Å². The van der Waals surface area contributed by atoms with Gasteiger partial charge in [-0.3, -0.25) is 0 Å². The Morgan fingerprint density at radius 1 is 1.50 bits per heavy atom. The molecule has 0 heterocycles. The van der Waals surface area contributed by atoms with E-state index in [9.17, 15) is 4.39 Å². The van der Waals surface area contributed by atoms with Gasteiger partial charge in [0.2, 0.25) is 0 Å². The largest absolute Gasteiger partial charge is 0.493 e. The van der Waals surface area contributed by atoms with Crippen LogP contribution in [0.25, 0.3) is 0 Å². The van der Waals surface area contributed by atoms with Crippen LogP contribution in [0.5, 0.6) is 5.75 Å². The van der Waals surface area contributed by atoms with Gasteiger partial charge in [-0.2, -0.15) is 0 Å². The third-order valence-electron chi connectivity index (χ3n) is 1.90. The van der Waals surface area contributed by atoms with E-state index in [-0.39, 0.29) is 5.82 Å². The van der Waals surface area contributed by atoms with Gasteiger partial charge in [0.05, 0.1) is 12.7 Å². The minimum atomic E-state index is -0.358. The Kier molecular flexibility index (Phi) is 1.98. The Morgan fingerprint density at radius 2 is 2.33 bits per heavy atom. The van der Waals surface area contributed by atoms with E-state index in [0.29, 0.717) is 18.3 Å². The molecule has 2 heteroatoms. The van der Waals surface area contributed by atoms with Gasteiger partial charge in [-0.05, 0) is 30.9 Å². The lowest BCUT2D eigenvalue weighted by molar-refractivity contribution is 0.297. The highest BCUT2D eigenvalue weighted by atomic mass is 19.1. The zero-order chi connectivity index (χ0) is 8.39. The van der Waals surface area contributed by atoms with Crippen molar-refractivity contribution < 1.29 is 9.13 Å².